The third-order valence-electron chi connectivity index (χ3n) is 5.41. The highest BCUT2D eigenvalue weighted by Crippen LogP contribution is 2.13. The van der Waals surface area contributed by atoms with Gasteiger partial charge in [-0.3, -0.25) is 10.9 Å². The summed E-state index contributed by atoms with van der Waals surface area (Å²) in [7, 11) is 0. The lowest BCUT2D eigenvalue weighted by atomic mass is 10.0. The zero-order chi connectivity index (χ0) is 20.8. The molecule has 0 atom stereocenters. The van der Waals surface area contributed by atoms with Crippen LogP contribution in [0.2, 0.25) is 0 Å². The van der Waals surface area contributed by atoms with Crippen LogP contribution in [0.5, 0.6) is 0 Å². The first-order valence-electron chi connectivity index (χ1n) is 12.2. The summed E-state index contributed by atoms with van der Waals surface area (Å²) in [6.45, 7) is 3.02. The Morgan fingerprint density at radius 2 is 1.10 bits per heavy atom. The molecule has 0 fully saturated rings. The standard InChI is InChI=1S/C25H45N3O/c1-2-3-4-5-6-7-8-9-10-11-12-13-14-15-16-20-23-26-25(29)28-27-24-21-18-17-19-22-24/h17-19,21-22,27H,2-16,20,23H2,1H3,(H2,26,28,29). The number of hydrogen-bond acceptors (Lipinski definition) is 2. The Kier molecular flexibility index (Phi) is 17.1. The molecule has 0 aliphatic carbocycles. The second kappa shape index (κ2) is 19.6. The van der Waals surface area contributed by atoms with E-state index in [4.69, 9.17) is 0 Å². The zero-order valence-corrected chi connectivity index (χ0v) is 18.8. The number of hydrogen-bond donors (Lipinski definition) is 3. The van der Waals surface area contributed by atoms with Gasteiger partial charge < -0.3 is 5.32 Å². The minimum atomic E-state index is -0.171. The monoisotopic (exact) mass is 403 g/mol. The lowest BCUT2D eigenvalue weighted by Crippen LogP contribution is -2.39. The molecule has 3 N–H and O–H groups in total. The van der Waals surface area contributed by atoms with Gasteiger partial charge in [0.25, 0.3) is 0 Å². The van der Waals surface area contributed by atoms with Crippen molar-refractivity contribution in [3.8, 4) is 0 Å². The fourth-order valence-electron chi connectivity index (χ4n) is 3.57. The Morgan fingerprint density at radius 3 is 1.59 bits per heavy atom. The van der Waals surface area contributed by atoms with Crippen molar-refractivity contribution in [2.24, 2.45) is 0 Å². The number of rotatable bonds is 19. The van der Waals surface area contributed by atoms with Gasteiger partial charge in [0.05, 0.1) is 5.69 Å². The number of hydrazine groups is 1. The van der Waals surface area contributed by atoms with Crippen molar-refractivity contribution in [3.63, 3.8) is 0 Å². The first-order valence-corrected chi connectivity index (χ1v) is 12.2. The summed E-state index contributed by atoms with van der Waals surface area (Å²) >= 11 is 0. The normalized spacial score (nSPS) is 10.7. The highest BCUT2D eigenvalue weighted by atomic mass is 16.2. The maximum atomic E-state index is 11.7. The minimum Gasteiger partial charge on any atom is -0.337 e. The SMILES string of the molecule is CCCCCCCCCCCCCCCCCCNC(=O)NNc1ccccc1. The molecule has 0 saturated carbocycles. The number of unbranched alkanes of at least 4 members (excludes halogenated alkanes) is 15. The number of amides is 2. The number of carbonyl (C=O) groups is 1. The van der Waals surface area contributed by atoms with Crippen LogP contribution in [0.1, 0.15) is 110 Å². The van der Waals surface area contributed by atoms with E-state index in [9.17, 15) is 4.79 Å². The number of benzene rings is 1. The van der Waals surface area contributed by atoms with Gasteiger partial charge in [-0.1, -0.05) is 121 Å². The fourth-order valence-corrected chi connectivity index (χ4v) is 3.57. The van der Waals surface area contributed by atoms with Crippen molar-refractivity contribution in [1.29, 1.82) is 0 Å². The summed E-state index contributed by atoms with van der Waals surface area (Å²) in [5.74, 6) is 0. The smallest absolute Gasteiger partial charge is 0.333 e. The van der Waals surface area contributed by atoms with E-state index in [-0.39, 0.29) is 6.03 Å². The van der Waals surface area contributed by atoms with Crippen LogP contribution in [0, 0.1) is 0 Å². The average Bonchev–Trinajstić information content (AvgIpc) is 2.75. The quantitative estimate of drug-likeness (QED) is 0.165. The molecular weight excluding hydrogens is 358 g/mol. The van der Waals surface area contributed by atoms with Gasteiger partial charge in [-0.15, -0.1) is 0 Å². The summed E-state index contributed by atoms with van der Waals surface area (Å²) in [6, 6.07) is 9.46. The van der Waals surface area contributed by atoms with Gasteiger partial charge in [-0.25, -0.2) is 4.79 Å². The molecule has 0 spiro atoms. The van der Waals surface area contributed by atoms with E-state index in [1.807, 2.05) is 30.3 Å². The Morgan fingerprint density at radius 1 is 0.655 bits per heavy atom. The highest BCUT2D eigenvalue weighted by Gasteiger charge is 1.99. The molecule has 1 aromatic rings. The van der Waals surface area contributed by atoms with Gasteiger partial charge in [0.2, 0.25) is 0 Å². The summed E-state index contributed by atoms with van der Waals surface area (Å²) < 4.78 is 0. The summed E-state index contributed by atoms with van der Waals surface area (Å²) in [5.41, 5.74) is 6.42. The maximum absolute atomic E-state index is 11.7. The number of carbonyl (C=O) groups excluding carboxylic acids is 1. The van der Waals surface area contributed by atoms with Gasteiger partial charge in [-0.2, -0.15) is 0 Å². The topological polar surface area (TPSA) is 53.2 Å². The van der Waals surface area contributed by atoms with Gasteiger partial charge in [0.1, 0.15) is 0 Å². The molecule has 2 amide bonds. The molecule has 0 aliphatic heterocycles. The number of nitrogens with one attached hydrogen (secondary N) is 3. The number of para-hydroxylation sites is 1. The molecule has 0 unspecified atom stereocenters. The molecule has 4 nitrogen and oxygen atoms in total. The third kappa shape index (κ3) is 16.9. The summed E-state index contributed by atoms with van der Waals surface area (Å²) in [6.07, 6.45) is 21.9. The Labute approximate surface area is 179 Å². The molecule has 0 aromatic heterocycles. The Balaban J connectivity index is 1.74. The van der Waals surface area contributed by atoms with Gasteiger partial charge >= 0.3 is 6.03 Å². The summed E-state index contributed by atoms with van der Waals surface area (Å²) in [5, 5.41) is 2.89. The van der Waals surface area contributed by atoms with Gasteiger partial charge in [0, 0.05) is 6.54 Å². The second-order valence-corrected chi connectivity index (χ2v) is 8.18. The van der Waals surface area contributed by atoms with Crippen molar-refractivity contribution in [2.75, 3.05) is 12.0 Å². The largest absolute Gasteiger partial charge is 0.337 e. The van der Waals surface area contributed by atoms with E-state index in [2.05, 4.69) is 23.1 Å². The van der Waals surface area contributed by atoms with E-state index < -0.39 is 0 Å². The number of urea groups is 1. The summed E-state index contributed by atoms with van der Waals surface area (Å²) in [4.78, 5) is 11.7. The van der Waals surface area contributed by atoms with Crippen LogP contribution < -0.4 is 16.2 Å². The first kappa shape index (κ1) is 25.3. The maximum Gasteiger partial charge on any atom is 0.333 e. The number of anilines is 1. The van der Waals surface area contributed by atoms with Crippen LogP contribution in [-0.2, 0) is 0 Å². The van der Waals surface area contributed by atoms with Crippen LogP contribution in [0.15, 0.2) is 30.3 Å². The van der Waals surface area contributed by atoms with E-state index in [0.29, 0.717) is 0 Å². The van der Waals surface area contributed by atoms with Crippen molar-refractivity contribution in [1.82, 2.24) is 10.7 Å². The van der Waals surface area contributed by atoms with Crippen LogP contribution in [0.4, 0.5) is 10.5 Å². The average molecular weight is 404 g/mol. The zero-order valence-electron chi connectivity index (χ0n) is 18.8. The molecule has 0 saturated heterocycles. The van der Waals surface area contributed by atoms with Gasteiger partial charge in [0.15, 0.2) is 0 Å². The van der Waals surface area contributed by atoms with Crippen LogP contribution in [0.25, 0.3) is 0 Å². The molecule has 166 valence electrons. The predicted octanol–water partition coefficient (Wildman–Crippen LogP) is 7.57. The molecule has 4 heteroatoms. The molecule has 29 heavy (non-hydrogen) atoms. The van der Waals surface area contributed by atoms with Crippen molar-refractivity contribution in [3.05, 3.63) is 30.3 Å². The first-order chi connectivity index (χ1) is 14.3. The second-order valence-electron chi connectivity index (χ2n) is 8.18. The molecule has 0 aliphatic rings. The molecule has 1 rings (SSSR count). The lowest BCUT2D eigenvalue weighted by Gasteiger charge is -2.09. The van der Waals surface area contributed by atoms with E-state index in [1.165, 1.54) is 96.3 Å². The van der Waals surface area contributed by atoms with E-state index >= 15 is 0 Å². The molecule has 0 bridgehead atoms. The van der Waals surface area contributed by atoms with E-state index in [1.54, 1.807) is 0 Å². The molecule has 1 aromatic carbocycles. The predicted molar refractivity (Wildman–Crippen MR) is 126 cm³/mol. The third-order valence-corrected chi connectivity index (χ3v) is 5.41. The highest BCUT2D eigenvalue weighted by molar-refractivity contribution is 5.75. The van der Waals surface area contributed by atoms with Crippen molar-refractivity contribution < 1.29 is 4.79 Å². The van der Waals surface area contributed by atoms with Crippen molar-refractivity contribution >= 4 is 11.7 Å². The Hall–Kier alpha value is -1.71. The minimum absolute atomic E-state index is 0.171. The van der Waals surface area contributed by atoms with E-state index in [0.717, 1.165) is 18.7 Å². The molecule has 0 heterocycles. The molecular formula is C25H45N3O. The molecule has 0 radical (unpaired) electrons. The lowest BCUT2D eigenvalue weighted by molar-refractivity contribution is 0.242. The van der Waals surface area contributed by atoms with Gasteiger partial charge in [-0.05, 0) is 18.6 Å². The Bertz CT molecular complexity index is 478. The van der Waals surface area contributed by atoms with Crippen molar-refractivity contribution in [2.45, 2.75) is 110 Å². The van der Waals surface area contributed by atoms with Crippen LogP contribution in [-0.4, -0.2) is 12.6 Å². The fraction of sp³-hybridized carbons (Fsp3) is 0.720. The van der Waals surface area contributed by atoms with Crippen LogP contribution in [0.3, 0.4) is 0 Å². The van der Waals surface area contributed by atoms with Crippen LogP contribution >= 0.6 is 0 Å².